The van der Waals surface area contributed by atoms with Crippen LogP contribution in [-0.2, 0) is 4.79 Å². The van der Waals surface area contributed by atoms with Crippen LogP contribution >= 0.6 is 11.6 Å². The normalized spacial score (nSPS) is 12.8. The minimum atomic E-state index is -0.274. The quantitative estimate of drug-likeness (QED) is 0.284. The summed E-state index contributed by atoms with van der Waals surface area (Å²) in [6.45, 7) is 2.14. The molecule has 0 saturated carbocycles. The molecule has 0 bridgehead atoms. The minimum absolute atomic E-state index is 0.165. The summed E-state index contributed by atoms with van der Waals surface area (Å²) in [5, 5.41) is 19.9. The van der Waals surface area contributed by atoms with E-state index in [1.807, 2.05) is 24.3 Å². The van der Waals surface area contributed by atoms with Gasteiger partial charge in [0.15, 0.2) is 0 Å². The Morgan fingerprint density at radius 1 is 0.839 bits per heavy atom. The molecule has 3 aromatic rings. The molecule has 3 rings (SSSR count). The Morgan fingerprint density at radius 2 is 1.35 bits per heavy atom. The van der Waals surface area contributed by atoms with E-state index < -0.39 is 0 Å². The molecule has 0 spiro atoms. The summed E-state index contributed by atoms with van der Waals surface area (Å²) in [5.41, 5.74) is 2.26. The van der Waals surface area contributed by atoms with Gasteiger partial charge in [0.1, 0.15) is 17.2 Å². The van der Waals surface area contributed by atoms with Crippen molar-refractivity contribution in [1.82, 2.24) is 0 Å². The monoisotopic (exact) mass is 438 g/mol. The number of carbonyl (C=O) groups excluding carboxylic acids is 1. The highest BCUT2D eigenvalue weighted by Crippen LogP contribution is 2.40. The van der Waals surface area contributed by atoms with Crippen molar-refractivity contribution in [2.75, 3.05) is 0 Å². The second kappa shape index (κ2) is 10.9. The Hall–Kier alpha value is -2.98. The van der Waals surface area contributed by atoms with Crippen LogP contribution in [0.4, 0.5) is 0 Å². The number of carbonyl (C=O) groups is 1. The number of phenolic OH excluding ortho intramolecular Hbond substituents is 2. The zero-order chi connectivity index (χ0) is 22.2. The van der Waals surface area contributed by atoms with E-state index in [9.17, 15) is 15.0 Å². The van der Waals surface area contributed by atoms with E-state index in [-0.39, 0.29) is 29.3 Å². The second-order valence-electron chi connectivity index (χ2n) is 7.62. The van der Waals surface area contributed by atoms with Crippen molar-refractivity contribution in [2.24, 2.45) is 0 Å². The lowest BCUT2D eigenvalue weighted by atomic mass is 9.77. The standard InChI is InChI=1S/C26H27ClO4/c1-2-24(18-6-12-21(28)13-7-18)25(19-8-14-22(29)15-9-19)4-3-5-26(30)31-23-16-10-20(27)11-17-23/h6-17,24-25,28-29H,2-5H2,1H3/t24-,25+/m0/s1. The van der Waals surface area contributed by atoms with E-state index in [4.69, 9.17) is 16.3 Å². The highest BCUT2D eigenvalue weighted by Gasteiger charge is 2.24. The molecule has 5 heteroatoms. The van der Waals surface area contributed by atoms with Crippen molar-refractivity contribution in [3.8, 4) is 17.2 Å². The number of rotatable bonds is 9. The zero-order valence-corrected chi connectivity index (χ0v) is 18.3. The highest BCUT2D eigenvalue weighted by atomic mass is 35.5. The lowest BCUT2D eigenvalue weighted by Gasteiger charge is -2.27. The maximum atomic E-state index is 12.3. The average Bonchev–Trinajstić information content (AvgIpc) is 2.76. The maximum absolute atomic E-state index is 12.3. The Labute approximate surface area is 188 Å². The van der Waals surface area contributed by atoms with E-state index in [0.717, 1.165) is 24.0 Å². The maximum Gasteiger partial charge on any atom is 0.311 e. The topological polar surface area (TPSA) is 66.8 Å². The van der Waals surface area contributed by atoms with Gasteiger partial charge in [-0.05, 0) is 90.8 Å². The molecule has 162 valence electrons. The third-order valence-electron chi connectivity index (χ3n) is 5.51. The molecule has 0 aliphatic rings. The van der Waals surface area contributed by atoms with Crippen LogP contribution in [0, 0.1) is 0 Å². The summed E-state index contributed by atoms with van der Waals surface area (Å²) >= 11 is 5.87. The van der Waals surface area contributed by atoms with Gasteiger partial charge in [0.2, 0.25) is 0 Å². The summed E-state index contributed by atoms with van der Waals surface area (Å²) in [4.78, 5) is 12.3. The first-order valence-corrected chi connectivity index (χ1v) is 10.9. The molecule has 31 heavy (non-hydrogen) atoms. The van der Waals surface area contributed by atoms with Gasteiger partial charge in [-0.25, -0.2) is 0 Å². The van der Waals surface area contributed by atoms with Gasteiger partial charge in [0.25, 0.3) is 0 Å². The average molecular weight is 439 g/mol. The van der Waals surface area contributed by atoms with Crippen LogP contribution in [0.1, 0.15) is 55.6 Å². The molecule has 2 N–H and O–H groups in total. The van der Waals surface area contributed by atoms with E-state index >= 15 is 0 Å². The molecular formula is C26H27ClO4. The lowest BCUT2D eigenvalue weighted by molar-refractivity contribution is -0.134. The Bertz CT molecular complexity index is 966. The van der Waals surface area contributed by atoms with Crippen molar-refractivity contribution in [3.63, 3.8) is 0 Å². The summed E-state index contributed by atoms with van der Waals surface area (Å²) in [7, 11) is 0. The fourth-order valence-electron chi connectivity index (χ4n) is 3.95. The Balaban J connectivity index is 1.70. The van der Waals surface area contributed by atoms with E-state index in [0.29, 0.717) is 23.6 Å². The fourth-order valence-corrected chi connectivity index (χ4v) is 4.07. The van der Waals surface area contributed by atoms with Crippen LogP contribution in [0.5, 0.6) is 17.2 Å². The van der Waals surface area contributed by atoms with Gasteiger partial charge < -0.3 is 14.9 Å². The van der Waals surface area contributed by atoms with Crippen LogP contribution in [-0.4, -0.2) is 16.2 Å². The third-order valence-corrected chi connectivity index (χ3v) is 5.76. The molecule has 0 radical (unpaired) electrons. The number of benzene rings is 3. The molecular weight excluding hydrogens is 412 g/mol. The molecule has 4 nitrogen and oxygen atoms in total. The number of ether oxygens (including phenoxy) is 1. The van der Waals surface area contributed by atoms with Crippen molar-refractivity contribution in [3.05, 3.63) is 88.9 Å². The van der Waals surface area contributed by atoms with Gasteiger partial charge in [0.05, 0.1) is 0 Å². The summed E-state index contributed by atoms with van der Waals surface area (Å²) in [6.07, 6.45) is 2.68. The molecule has 0 aliphatic heterocycles. The number of aromatic hydroxyl groups is 2. The van der Waals surface area contributed by atoms with Gasteiger partial charge >= 0.3 is 5.97 Å². The van der Waals surface area contributed by atoms with E-state index in [1.54, 1.807) is 48.5 Å². The summed E-state index contributed by atoms with van der Waals surface area (Å²) in [6, 6.07) is 21.3. The summed E-state index contributed by atoms with van der Waals surface area (Å²) < 4.78 is 5.40. The molecule has 0 fully saturated rings. The largest absolute Gasteiger partial charge is 0.508 e. The Morgan fingerprint density at radius 3 is 1.87 bits per heavy atom. The molecule has 0 amide bonds. The minimum Gasteiger partial charge on any atom is -0.508 e. The predicted octanol–water partition coefficient (Wildman–Crippen LogP) is 6.80. The highest BCUT2D eigenvalue weighted by molar-refractivity contribution is 6.30. The van der Waals surface area contributed by atoms with Crippen molar-refractivity contribution in [1.29, 1.82) is 0 Å². The molecule has 2 atom stereocenters. The molecule has 0 heterocycles. The van der Waals surface area contributed by atoms with Crippen molar-refractivity contribution >= 4 is 17.6 Å². The lowest BCUT2D eigenvalue weighted by Crippen LogP contribution is -2.13. The van der Waals surface area contributed by atoms with Gasteiger partial charge in [-0.1, -0.05) is 42.8 Å². The Kier molecular flexibility index (Phi) is 7.96. The number of hydrogen-bond donors (Lipinski definition) is 2. The molecule has 0 aliphatic carbocycles. The molecule has 3 aromatic carbocycles. The van der Waals surface area contributed by atoms with E-state index in [1.165, 1.54) is 0 Å². The number of phenols is 2. The van der Waals surface area contributed by atoms with Gasteiger partial charge in [-0.2, -0.15) is 0 Å². The number of halogens is 1. The van der Waals surface area contributed by atoms with E-state index in [2.05, 4.69) is 6.92 Å². The van der Waals surface area contributed by atoms with Gasteiger partial charge in [0, 0.05) is 11.4 Å². The van der Waals surface area contributed by atoms with Crippen LogP contribution in [0.25, 0.3) is 0 Å². The first-order valence-electron chi connectivity index (χ1n) is 10.5. The first-order chi connectivity index (χ1) is 15.0. The van der Waals surface area contributed by atoms with Gasteiger partial charge in [-0.3, -0.25) is 4.79 Å². The van der Waals surface area contributed by atoms with Crippen molar-refractivity contribution in [2.45, 2.75) is 44.4 Å². The predicted molar refractivity (Wildman–Crippen MR) is 123 cm³/mol. The smallest absolute Gasteiger partial charge is 0.311 e. The zero-order valence-electron chi connectivity index (χ0n) is 17.5. The van der Waals surface area contributed by atoms with Crippen molar-refractivity contribution < 1.29 is 19.7 Å². The van der Waals surface area contributed by atoms with Crippen LogP contribution in [0.15, 0.2) is 72.8 Å². The fraction of sp³-hybridized carbons (Fsp3) is 0.269. The third kappa shape index (κ3) is 6.50. The van der Waals surface area contributed by atoms with Crippen LogP contribution in [0.3, 0.4) is 0 Å². The molecule has 0 saturated heterocycles. The van der Waals surface area contributed by atoms with Crippen LogP contribution < -0.4 is 4.74 Å². The summed E-state index contributed by atoms with van der Waals surface area (Å²) in [5.74, 6) is 1.07. The first kappa shape index (κ1) is 22.7. The van der Waals surface area contributed by atoms with Gasteiger partial charge in [-0.15, -0.1) is 0 Å². The second-order valence-corrected chi connectivity index (χ2v) is 8.06. The molecule has 0 unspecified atom stereocenters. The number of hydrogen-bond acceptors (Lipinski definition) is 4. The van der Waals surface area contributed by atoms with Crippen LogP contribution in [0.2, 0.25) is 5.02 Å². The SMILES string of the molecule is CC[C@@H](c1ccc(O)cc1)[C@H](CCCC(=O)Oc1ccc(Cl)cc1)c1ccc(O)cc1. The molecule has 0 aromatic heterocycles. The number of esters is 1.